The third-order valence-corrected chi connectivity index (χ3v) is 4.50. The van der Waals surface area contributed by atoms with Crippen LogP contribution in [0.5, 0.6) is 5.75 Å². The number of hydrogen-bond acceptors (Lipinski definition) is 2. The molecule has 1 aromatic carbocycles. The molecule has 0 bridgehead atoms. The van der Waals surface area contributed by atoms with Crippen molar-refractivity contribution in [2.45, 2.75) is 45.1 Å². The van der Waals surface area contributed by atoms with Crippen molar-refractivity contribution in [1.29, 1.82) is 0 Å². The summed E-state index contributed by atoms with van der Waals surface area (Å²) in [6, 6.07) is 5.24. The highest BCUT2D eigenvalue weighted by Gasteiger charge is 2.36. The van der Waals surface area contributed by atoms with Crippen molar-refractivity contribution in [3.05, 3.63) is 29.6 Å². The number of benzene rings is 1. The minimum Gasteiger partial charge on any atom is -0.497 e. The van der Waals surface area contributed by atoms with Gasteiger partial charge in [-0.15, -0.1) is 0 Å². The van der Waals surface area contributed by atoms with E-state index in [0.29, 0.717) is 5.75 Å². The lowest BCUT2D eigenvalue weighted by atomic mass is 9.68. The SMILES string of the molecule is CNC(c1ccc(OC)cc1F)C1(C)CCCCC1. The highest BCUT2D eigenvalue weighted by molar-refractivity contribution is 5.32. The largest absolute Gasteiger partial charge is 0.497 e. The predicted octanol–water partition coefficient (Wildman–Crippen LogP) is 4.07. The van der Waals surface area contributed by atoms with Crippen LogP contribution in [0.3, 0.4) is 0 Å². The Bertz CT molecular complexity index is 427. The zero-order valence-electron chi connectivity index (χ0n) is 12.1. The lowest BCUT2D eigenvalue weighted by Crippen LogP contribution is -2.36. The van der Waals surface area contributed by atoms with E-state index < -0.39 is 0 Å². The van der Waals surface area contributed by atoms with Crippen molar-refractivity contribution < 1.29 is 9.13 Å². The van der Waals surface area contributed by atoms with Gasteiger partial charge in [-0.25, -0.2) is 4.39 Å². The molecule has 1 aliphatic carbocycles. The van der Waals surface area contributed by atoms with Gasteiger partial charge in [0.25, 0.3) is 0 Å². The Morgan fingerprint density at radius 3 is 2.47 bits per heavy atom. The first-order valence-electron chi connectivity index (χ1n) is 7.11. The number of ether oxygens (including phenoxy) is 1. The highest BCUT2D eigenvalue weighted by atomic mass is 19.1. The van der Waals surface area contributed by atoms with E-state index in [0.717, 1.165) is 18.4 Å². The van der Waals surface area contributed by atoms with Gasteiger partial charge in [-0.2, -0.15) is 0 Å². The second-order valence-corrected chi connectivity index (χ2v) is 5.82. The molecule has 1 aliphatic rings. The summed E-state index contributed by atoms with van der Waals surface area (Å²) in [7, 11) is 3.49. The molecule has 3 heteroatoms. The summed E-state index contributed by atoms with van der Waals surface area (Å²) in [5.41, 5.74) is 0.898. The van der Waals surface area contributed by atoms with E-state index in [-0.39, 0.29) is 17.3 Å². The third-order valence-electron chi connectivity index (χ3n) is 4.50. The van der Waals surface area contributed by atoms with Crippen LogP contribution in [0.4, 0.5) is 4.39 Å². The molecule has 1 N–H and O–H groups in total. The van der Waals surface area contributed by atoms with Gasteiger partial charge in [0.1, 0.15) is 11.6 Å². The van der Waals surface area contributed by atoms with Gasteiger partial charge >= 0.3 is 0 Å². The van der Waals surface area contributed by atoms with Crippen molar-refractivity contribution in [2.24, 2.45) is 5.41 Å². The Balaban J connectivity index is 2.30. The van der Waals surface area contributed by atoms with Crippen LogP contribution in [-0.2, 0) is 0 Å². The minimum absolute atomic E-state index is 0.0682. The lowest BCUT2D eigenvalue weighted by molar-refractivity contribution is 0.147. The average Bonchev–Trinajstić information content (AvgIpc) is 2.42. The number of hydrogen-bond donors (Lipinski definition) is 1. The van der Waals surface area contributed by atoms with Crippen LogP contribution in [-0.4, -0.2) is 14.2 Å². The van der Waals surface area contributed by atoms with E-state index in [1.54, 1.807) is 7.11 Å². The topological polar surface area (TPSA) is 21.3 Å². The van der Waals surface area contributed by atoms with Crippen molar-refractivity contribution in [3.8, 4) is 5.75 Å². The first-order valence-corrected chi connectivity index (χ1v) is 7.11. The summed E-state index contributed by atoms with van der Waals surface area (Å²) < 4.78 is 19.4. The maximum atomic E-state index is 14.3. The van der Waals surface area contributed by atoms with Crippen LogP contribution < -0.4 is 10.1 Å². The van der Waals surface area contributed by atoms with Gasteiger partial charge in [-0.05, 0) is 31.4 Å². The first-order chi connectivity index (χ1) is 9.10. The zero-order chi connectivity index (χ0) is 13.9. The molecule has 106 valence electrons. The molecule has 0 heterocycles. The van der Waals surface area contributed by atoms with Crippen LogP contribution in [0.25, 0.3) is 0 Å². The molecule has 1 aromatic rings. The molecule has 19 heavy (non-hydrogen) atoms. The summed E-state index contributed by atoms with van der Waals surface area (Å²) in [5, 5.41) is 3.33. The van der Waals surface area contributed by atoms with E-state index >= 15 is 0 Å². The maximum absolute atomic E-state index is 14.3. The second kappa shape index (κ2) is 5.91. The summed E-state index contributed by atoms with van der Waals surface area (Å²) in [4.78, 5) is 0. The molecule has 0 aromatic heterocycles. The van der Waals surface area contributed by atoms with Crippen molar-refractivity contribution >= 4 is 0 Å². The Hall–Kier alpha value is -1.09. The number of methoxy groups -OCH3 is 1. The van der Waals surface area contributed by atoms with Gasteiger partial charge in [-0.1, -0.05) is 32.3 Å². The minimum atomic E-state index is -0.175. The van der Waals surface area contributed by atoms with Gasteiger partial charge in [0, 0.05) is 17.7 Å². The van der Waals surface area contributed by atoms with Crippen LogP contribution in [0.15, 0.2) is 18.2 Å². The van der Waals surface area contributed by atoms with Crippen molar-refractivity contribution in [1.82, 2.24) is 5.32 Å². The zero-order valence-corrected chi connectivity index (χ0v) is 12.1. The van der Waals surface area contributed by atoms with E-state index in [1.807, 2.05) is 19.2 Å². The molecular weight excluding hydrogens is 241 g/mol. The fourth-order valence-corrected chi connectivity index (χ4v) is 3.40. The molecule has 0 saturated heterocycles. The molecule has 2 rings (SSSR count). The lowest BCUT2D eigenvalue weighted by Gasteiger charge is -2.41. The summed E-state index contributed by atoms with van der Waals surface area (Å²) in [6.07, 6.45) is 6.10. The maximum Gasteiger partial charge on any atom is 0.131 e. The molecule has 1 unspecified atom stereocenters. The fraction of sp³-hybridized carbons (Fsp3) is 0.625. The monoisotopic (exact) mass is 265 g/mol. The number of nitrogens with one attached hydrogen (secondary N) is 1. The molecule has 0 aliphatic heterocycles. The van der Waals surface area contributed by atoms with Crippen molar-refractivity contribution in [3.63, 3.8) is 0 Å². The molecule has 1 atom stereocenters. The van der Waals surface area contributed by atoms with E-state index in [9.17, 15) is 4.39 Å². The molecular formula is C16H24FNO. The molecule has 0 radical (unpaired) electrons. The molecule has 0 amide bonds. The first kappa shape index (κ1) is 14.3. The van der Waals surface area contributed by atoms with Gasteiger partial charge in [0.15, 0.2) is 0 Å². The summed E-state index contributed by atoms with van der Waals surface area (Å²) in [6.45, 7) is 2.27. The number of rotatable bonds is 4. The van der Waals surface area contributed by atoms with Crippen molar-refractivity contribution in [2.75, 3.05) is 14.2 Å². The Labute approximate surface area is 115 Å². The third kappa shape index (κ3) is 2.92. The fourth-order valence-electron chi connectivity index (χ4n) is 3.40. The van der Waals surface area contributed by atoms with Crippen LogP contribution in [0.1, 0.15) is 50.6 Å². The van der Waals surface area contributed by atoms with Gasteiger partial charge < -0.3 is 10.1 Å². The summed E-state index contributed by atoms with van der Waals surface area (Å²) in [5.74, 6) is 0.399. The van der Waals surface area contributed by atoms with Gasteiger partial charge in [0.2, 0.25) is 0 Å². The Kier molecular flexibility index (Phi) is 4.46. The van der Waals surface area contributed by atoms with Crippen LogP contribution >= 0.6 is 0 Å². The second-order valence-electron chi connectivity index (χ2n) is 5.82. The van der Waals surface area contributed by atoms with Gasteiger partial charge in [0.05, 0.1) is 7.11 Å². The average molecular weight is 265 g/mol. The van der Waals surface area contributed by atoms with Crippen LogP contribution in [0, 0.1) is 11.2 Å². The molecule has 2 nitrogen and oxygen atoms in total. The molecule has 1 fully saturated rings. The summed E-state index contributed by atoms with van der Waals surface area (Å²) >= 11 is 0. The van der Waals surface area contributed by atoms with E-state index in [4.69, 9.17) is 4.74 Å². The quantitative estimate of drug-likeness (QED) is 0.886. The predicted molar refractivity (Wildman–Crippen MR) is 75.9 cm³/mol. The number of halogens is 1. The molecule has 1 saturated carbocycles. The highest BCUT2D eigenvalue weighted by Crippen LogP contribution is 2.46. The van der Waals surface area contributed by atoms with E-state index in [2.05, 4.69) is 12.2 Å². The normalized spacial score (nSPS) is 20.0. The van der Waals surface area contributed by atoms with Gasteiger partial charge in [-0.3, -0.25) is 0 Å². The Morgan fingerprint density at radius 2 is 1.95 bits per heavy atom. The molecule has 0 spiro atoms. The smallest absolute Gasteiger partial charge is 0.131 e. The Morgan fingerprint density at radius 1 is 1.26 bits per heavy atom. The standard InChI is InChI=1S/C16H24FNO/c1-16(9-5-4-6-10-16)15(18-2)13-8-7-12(19-3)11-14(13)17/h7-8,11,15,18H,4-6,9-10H2,1-3H3. The van der Waals surface area contributed by atoms with E-state index in [1.165, 1.54) is 25.3 Å². The van der Waals surface area contributed by atoms with Crippen LogP contribution in [0.2, 0.25) is 0 Å².